The fourth-order valence-electron chi connectivity index (χ4n) is 1.85. The van der Waals surface area contributed by atoms with Crippen LogP contribution in [-0.2, 0) is 4.79 Å². The van der Waals surface area contributed by atoms with Crippen LogP contribution in [0.2, 0.25) is 5.02 Å². The molecule has 1 amide bonds. The lowest BCUT2D eigenvalue weighted by Crippen LogP contribution is -2.48. The molecule has 0 aliphatic rings. The number of benzene rings is 1. The highest BCUT2D eigenvalue weighted by molar-refractivity contribution is 6.34. The summed E-state index contributed by atoms with van der Waals surface area (Å²) in [4.78, 5) is 12.2. The first-order chi connectivity index (χ1) is 9.35. The fourth-order valence-corrected chi connectivity index (χ4v) is 2.05. The third-order valence-electron chi connectivity index (χ3n) is 3.01. The van der Waals surface area contributed by atoms with Crippen LogP contribution in [0.5, 0.6) is 11.5 Å². The molecule has 3 N–H and O–H groups in total. The Bertz CT molecular complexity index is 490. The lowest BCUT2D eigenvalue weighted by atomic mass is 9.96. The van der Waals surface area contributed by atoms with Crippen molar-refractivity contribution in [3.05, 3.63) is 17.2 Å². The molecule has 1 rings (SSSR count). The molecule has 1 aromatic carbocycles. The Kier molecular flexibility index (Phi) is 5.65. The van der Waals surface area contributed by atoms with Crippen LogP contribution in [0.15, 0.2) is 12.1 Å². The maximum Gasteiger partial charge on any atom is 0.244 e. The largest absolute Gasteiger partial charge is 0.493 e. The first-order valence-electron chi connectivity index (χ1n) is 6.37. The van der Waals surface area contributed by atoms with Gasteiger partial charge in [0.1, 0.15) is 0 Å². The molecule has 0 aliphatic heterocycles. The molecule has 0 aliphatic carbocycles. The van der Waals surface area contributed by atoms with Crippen molar-refractivity contribution in [3.8, 4) is 11.5 Å². The van der Waals surface area contributed by atoms with Crippen LogP contribution in [0.1, 0.15) is 26.7 Å². The van der Waals surface area contributed by atoms with Gasteiger partial charge in [0, 0.05) is 12.1 Å². The van der Waals surface area contributed by atoms with Gasteiger partial charge < -0.3 is 20.5 Å². The van der Waals surface area contributed by atoms with Gasteiger partial charge in [-0.15, -0.1) is 0 Å². The minimum Gasteiger partial charge on any atom is -0.493 e. The van der Waals surface area contributed by atoms with E-state index in [4.69, 9.17) is 26.8 Å². The minimum absolute atomic E-state index is 0.284. The van der Waals surface area contributed by atoms with E-state index in [1.54, 1.807) is 19.1 Å². The molecule has 0 heterocycles. The molecular weight excluding hydrogens is 280 g/mol. The summed E-state index contributed by atoms with van der Waals surface area (Å²) in [6, 6.07) is 3.20. The third kappa shape index (κ3) is 3.77. The second-order valence-corrected chi connectivity index (χ2v) is 5.22. The number of methoxy groups -OCH3 is 2. The summed E-state index contributed by atoms with van der Waals surface area (Å²) in [6.45, 7) is 3.67. The number of nitrogens with two attached hydrogens (primary N) is 1. The molecule has 0 fully saturated rings. The molecule has 1 aromatic rings. The Morgan fingerprint density at radius 2 is 1.90 bits per heavy atom. The van der Waals surface area contributed by atoms with Crippen molar-refractivity contribution in [1.82, 2.24) is 0 Å². The number of ether oxygens (including phenoxy) is 2. The van der Waals surface area contributed by atoms with Crippen molar-refractivity contribution in [2.45, 2.75) is 32.2 Å². The average Bonchev–Trinajstić information content (AvgIpc) is 2.40. The van der Waals surface area contributed by atoms with Gasteiger partial charge >= 0.3 is 0 Å². The number of rotatable bonds is 6. The number of carbonyl (C=O) groups excluding carboxylic acids is 1. The molecule has 0 saturated carbocycles. The molecule has 5 nitrogen and oxygen atoms in total. The predicted octanol–water partition coefficient (Wildman–Crippen LogP) is 2.81. The van der Waals surface area contributed by atoms with Gasteiger partial charge in [-0.25, -0.2) is 0 Å². The lowest BCUT2D eigenvalue weighted by Gasteiger charge is -2.23. The Balaban J connectivity index is 3.01. The van der Waals surface area contributed by atoms with E-state index in [0.717, 1.165) is 6.42 Å². The summed E-state index contributed by atoms with van der Waals surface area (Å²) in [5, 5.41) is 3.09. The standard InChI is InChI=1S/C14H21ClN2O3/c1-5-6-14(2,16)13(18)17-10-8-12(20-4)11(19-3)7-9(10)15/h7-8H,5-6,16H2,1-4H3,(H,17,18). The zero-order chi connectivity index (χ0) is 15.3. The smallest absolute Gasteiger partial charge is 0.244 e. The third-order valence-corrected chi connectivity index (χ3v) is 3.32. The second-order valence-electron chi connectivity index (χ2n) is 4.81. The maximum atomic E-state index is 12.2. The number of hydrogen-bond donors (Lipinski definition) is 2. The van der Waals surface area contributed by atoms with Gasteiger partial charge in [-0.2, -0.15) is 0 Å². The van der Waals surface area contributed by atoms with Gasteiger partial charge in [0.2, 0.25) is 5.91 Å². The van der Waals surface area contributed by atoms with Crippen molar-refractivity contribution in [2.75, 3.05) is 19.5 Å². The van der Waals surface area contributed by atoms with Gasteiger partial charge in [-0.05, 0) is 13.3 Å². The monoisotopic (exact) mass is 300 g/mol. The molecule has 1 unspecified atom stereocenters. The van der Waals surface area contributed by atoms with Gasteiger partial charge in [0.25, 0.3) is 0 Å². The molecule has 0 spiro atoms. The minimum atomic E-state index is -0.939. The Labute approximate surface area is 124 Å². The average molecular weight is 301 g/mol. The summed E-state index contributed by atoms with van der Waals surface area (Å²) in [7, 11) is 3.03. The second kappa shape index (κ2) is 6.81. The number of carbonyl (C=O) groups is 1. The van der Waals surface area contributed by atoms with Crippen LogP contribution in [0.4, 0.5) is 5.69 Å². The van der Waals surface area contributed by atoms with Crippen molar-refractivity contribution in [1.29, 1.82) is 0 Å². The molecule has 0 bridgehead atoms. The molecule has 112 valence electrons. The Hall–Kier alpha value is -1.46. The molecule has 1 atom stereocenters. The summed E-state index contributed by atoms with van der Waals surface area (Å²) >= 11 is 6.12. The zero-order valence-electron chi connectivity index (χ0n) is 12.2. The van der Waals surface area contributed by atoms with E-state index in [1.807, 2.05) is 6.92 Å². The Morgan fingerprint density at radius 3 is 2.40 bits per heavy atom. The van der Waals surface area contributed by atoms with Crippen LogP contribution in [0, 0.1) is 0 Å². The van der Waals surface area contributed by atoms with E-state index < -0.39 is 5.54 Å². The summed E-state index contributed by atoms with van der Waals surface area (Å²) in [5.74, 6) is 0.703. The number of amides is 1. The highest BCUT2D eigenvalue weighted by Gasteiger charge is 2.28. The van der Waals surface area contributed by atoms with E-state index in [2.05, 4.69) is 5.32 Å². The van der Waals surface area contributed by atoms with Crippen LogP contribution >= 0.6 is 11.6 Å². The first kappa shape index (κ1) is 16.6. The van der Waals surface area contributed by atoms with Crippen LogP contribution in [-0.4, -0.2) is 25.7 Å². The Morgan fingerprint density at radius 1 is 1.35 bits per heavy atom. The van der Waals surface area contributed by atoms with E-state index >= 15 is 0 Å². The normalized spacial score (nSPS) is 13.5. The maximum absolute atomic E-state index is 12.2. The van der Waals surface area contributed by atoms with E-state index in [0.29, 0.717) is 28.6 Å². The van der Waals surface area contributed by atoms with Crippen LogP contribution in [0.3, 0.4) is 0 Å². The molecule has 0 radical (unpaired) electrons. The molecule has 6 heteroatoms. The van der Waals surface area contributed by atoms with Gasteiger partial charge in [-0.3, -0.25) is 4.79 Å². The van der Waals surface area contributed by atoms with Crippen molar-refractivity contribution < 1.29 is 14.3 Å². The van der Waals surface area contributed by atoms with Crippen molar-refractivity contribution in [2.24, 2.45) is 5.73 Å². The number of anilines is 1. The van der Waals surface area contributed by atoms with Crippen molar-refractivity contribution in [3.63, 3.8) is 0 Å². The molecule has 0 aromatic heterocycles. The number of halogens is 1. The van der Waals surface area contributed by atoms with Crippen LogP contribution in [0.25, 0.3) is 0 Å². The quantitative estimate of drug-likeness (QED) is 0.847. The highest BCUT2D eigenvalue weighted by Crippen LogP contribution is 2.36. The SMILES string of the molecule is CCCC(C)(N)C(=O)Nc1cc(OC)c(OC)cc1Cl. The summed E-state index contributed by atoms with van der Waals surface area (Å²) in [5.41, 5.74) is 5.49. The first-order valence-corrected chi connectivity index (χ1v) is 6.75. The highest BCUT2D eigenvalue weighted by atomic mass is 35.5. The van der Waals surface area contributed by atoms with Gasteiger partial charge in [-0.1, -0.05) is 24.9 Å². The van der Waals surface area contributed by atoms with E-state index in [1.165, 1.54) is 14.2 Å². The lowest BCUT2D eigenvalue weighted by molar-refractivity contribution is -0.120. The molecule has 20 heavy (non-hydrogen) atoms. The van der Waals surface area contributed by atoms with Crippen molar-refractivity contribution >= 4 is 23.2 Å². The number of hydrogen-bond acceptors (Lipinski definition) is 4. The summed E-state index contributed by atoms with van der Waals surface area (Å²) < 4.78 is 10.3. The zero-order valence-corrected chi connectivity index (χ0v) is 13.0. The van der Waals surface area contributed by atoms with Gasteiger partial charge in [0.05, 0.1) is 30.5 Å². The predicted molar refractivity (Wildman–Crippen MR) is 80.7 cm³/mol. The molecule has 0 saturated heterocycles. The van der Waals surface area contributed by atoms with Crippen LogP contribution < -0.4 is 20.5 Å². The van der Waals surface area contributed by atoms with Gasteiger partial charge in [0.15, 0.2) is 11.5 Å². The topological polar surface area (TPSA) is 73.6 Å². The van der Waals surface area contributed by atoms with E-state index in [9.17, 15) is 4.79 Å². The number of nitrogens with one attached hydrogen (secondary N) is 1. The summed E-state index contributed by atoms with van der Waals surface area (Å²) in [6.07, 6.45) is 1.41. The van der Waals surface area contributed by atoms with E-state index in [-0.39, 0.29) is 5.91 Å². The fraction of sp³-hybridized carbons (Fsp3) is 0.500. The molecular formula is C14H21ClN2O3.